The molecule has 1 aliphatic carbocycles. The number of aromatic amines is 1. The van der Waals surface area contributed by atoms with E-state index in [-0.39, 0.29) is 5.91 Å². The van der Waals surface area contributed by atoms with E-state index >= 15 is 0 Å². The summed E-state index contributed by atoms with van der Waals surface area (Å²) in [6, 6.07) is 1.95. The number of nitrogens with zero attached hydrogens (tertiary/aromatic N) is 1. The fourth-order valence-corrected chi connectivity index (χ4v) is 3.23. The van der Waals surface area contributed by atoms with Gasteiger partial charge in [-0.1, -0.05) is 19.3 Å². The Kier molecular flexibility index (Phi) is 4.26. The quantitative estimate of drug-likeness (QED) is 0.892. The van der Waals surface area contributed by atoms with Gasteiger partial charge in [-0.25, -0.2) is 0 Å². The second kappa shape index (κ2) is 6.15. The Morgan fingerprint density at radius 1 is 1.48 bits per heavy atom. The van der Waals surface area contributed by atoms with E-state index in [2.05, 4.69) is 15.5 Å². The third-order valence-corrected chi connectivity index (χ3v) is 4.67. The van der Waals surface area contributed by atoms with E-state index in [0.29, 0.717) is 31.4 Å². The minimum absolute atomic E-state index is 0.177. The lowest BCUT2D eigenvalue weighted by Gasteiger charge is -2.23. The van der Waals surface area contributed by atoms with Gasteiger partial charge in [0.15, 0.2) is 11.4 Å². The Morgan fingerprint density at radius 2 is 2.29 bits per heavy atom. The Hall–Kier alpha value is -1.40. The largest absolute Gasteiger partial charge is 0.378 e. The number of rotatable bonds is 4. The van der Waals surface area contributed by atoms with Gasteiger partial charge in [0.2, 0.25) is 0 Å². The summed E-state index contributed by atoms with van der Waals surface area (Å²) in [5, 5.41) is 10.1. The first-order chi connectivity index (χ1) is 10.2. The van der Waals surface area contributed by atoms with Crippen molar-refractivity contribution in [2.45, 2.75) is 50.0 Å². The SMILES string of the molecule is COC1(C(=O)Nc2cc(C3CCCCC3)[nH]n2)CCOC1. The average Bonchev–Trinajstić information content (AvgIpc) is 3.18. The van der Waals surface area contributed by atoms with Crippen molar-refractivity contribution in [3.63, 3.8) is 0 Å². The summed E-state index contributed by atoms with van der Waals surface area (Å²) < 4.78 is 10.7. The first kappa shape index (κ1) is 14.5. The van der Waals surface area contributed by atoms with Crippen molar-refractivity contribution in [3.8, 4) is 0 Å². The molecule has 116 valence electrons. The minimum atomic E-state index is -0.871. The van der Waals surface area contributed by atoms with E-state index in [1.54, 1.807) is 7.11 Å². The molecular weight excluding hydrogens is 270 g/mol. The molecular formula is C15H23N3O3. The molecule has 0 bridgehead atoms. The number of nitrogens with one attached hydrogen (secondary N) is 2. The number of ether oxygens (including phenoxy) is 2. The molecule has 1 aromatic rings. The number of anilines is 1. The van der Waals surface area contributed by atoms with E-state index < -0.39 is 5.60 Å². The molecule has 1 saturated heterocycles. The highest BCUT2D eigenvalue weighted by Crippen LogP contribution is 2.32. The summed E-state index contributed by atoms with van der Waals surface area (Å²) in [5.41, 5.74) is 0.253. The molecule has 21 heavy (non-hydrogen) atoms. The summed E-state index contributed by atoms with van der Waals surface area (Å²) in [7, 11) is 1.55. The molecule has 1 saturated carbocycles. The maximum absolute atomic E-state index is 12.4. The standard InChI is InChI=1S/C15H23N3O3/c1-20-15(7-8-21-10-15)14(19)16-13-9-12(17-18-13)11-5-3-2-4-6-11/h9,11H,2-8,10H2,1H3,(H2,16,17,18,19). The first-order valence-electron chi connectivity index (χ1n) is 7.73. The Morgan fingerprint density at radius 3 is 2.95 bits per heavy atom. The molecule has 6 nitrogen and oxygen atoms in total. The van der Waals surface area contributed by atoms with Crippen LogP contribution >= 0.6 is 0 Å². The highest BCUT2D eigenvalue weighted by Gasteiger charge is 2.42. The molecule has 6 heteroatoms. The zero-order valence-corrected chi connectivity index (χ0v) is 12.5. The van der Waals surface area contributed by atoms with Crippen LogP contribution in [0.25, 0.3) is 0 Å². The molecule has 0 spiro atoms. The molecule has 3 rings (SSSR count). The predicted molar refractivity (Wildman–Crippen MR) is 78.2 cm³/mol. The number of amides is 1. The molecule has 2 aliphatic rings. The molecule has 1 unspecified atom stereocenters. The first-order valence-corrected chi connectivity index (χ1v) is 7.73. The van der Waals surface area contributed by atoms with Gasteiger partial charge < -0.3 is 14.8 Å². The van der Waals surface area contributed by atoms with Gasteiger partial charge in [0.05, 0.1) is 13.2 Å². The number of aromatic nitrogens is 2. The van der Waals surface area contributed by atoms with E-state index in [1.165, 1.54) is 32.1 Å². The number of carbonyl (C=O) groups excluding carboxylic acids is 1. The number of H-pyrrole nitrogens is 1. The van der Waals surface area contributed by atoms with Crippen molar-refractivity contribution in [2.24, 2.45) is 0 Å². The van der Waals surface area contributed by atoms with Gasteiger partial charge >= 0.3 is 0 Å². The number of hydrogen-bond donors (Lipinski definition) is 2. The monoisotopic (exact) mass is 293 g/mol. The summed E-state index contributed by atoms with van der Waals surface area (Å²) in [6.07, 6.45) is 6.85. The Bertz CT molecular complexity index is 488. The zero-order valence-electron chi connectivity index (χ0n) is 12.5. The van der Waals surface area contributed by atoms with Gasteiger partial charge in [-0.15, -0.1) is 0 Å². The minimum Gasteiger partial charge on any atom is -0.378 e. The van der Waals surface area contributed by atoms with E-state index in [4.69, 9.17) is 9.47 Å². The highest BCUT2D eigenvalue weighted by atomic mass is 16.6. The van der Waals surface area contributed by atoms with Gasteiger partial charge in [0, 0.05) is 31.2 Å². The van der Waals surface area contributed by atoms with Crippen molar-refractivity contribution in [2.75, 3.05) is 25.6 Å². The van der Waals surface area contributed by atoms with E-state index in [9.17, 15) is 4.79 Å². The van der Waals surface area contributed by atoms with Crippen LogP contribution in [0.4, 0.5) is 5.82 Å². The van der Waals surface area contributed by atoms with Crippen molar-refractivity contribution in [3.05, 3.63) is 11.8 Å². The lowest BCUT2D eigenvalue weighted by Crippen LogP contribution is -2.45. The van der Waals surface area contributed by atoms with Crippen LogP contribution in [0.2, 0.25) is 0 Å². The molecule has 1 aliphatic heterocycles. The van der Waals surface area contributed by atoms with Crippen LogP contribution in [-0.2, 0) is 14.3 Å². The molecule has 2 heterocycles. The van der Waals surface area contributed by atoms with Gasteiger partial charge in [-0.05, 0) is 12.8 Å². The van der Waals surface area contributed by atoms with Crippen LogP contribution in [0.5, 0.6) is 0 Å². The van der Waals surface area contributed by atoms with Gasteiger partial charge in [0.25, 0.3) is 5.91 Å². The molecule has 0 radical (unpaired) electrons. The molecule has 2 N–H and O–H groups in total. The topological polar surface area (TPSA) is 76.2 Å². The van der Waals surface area contributed by atoms with E-state index in [0.717, 1.165) is 5.69 Å². The molecule has 2 fully saturated rings. The fourth-order valence-electron chi connectivity index (χ4n) is 3.23. The highest BCUT2D eigenvalue weighted by molar-refractivity contribution is 5.97. The number of methoxy groups -OCH3 is 1. The lowest BCUT2D eigenvalue weighted by molar-refractivity contribution is -0.137. The van der Waals surface area contributed by atoms with E-state index in [1.807, 2.05) is 6.07 Å². The normalized spacial score (nSPS) is 26.9. The summed E-state index contributed by atoms with van der Waals surface area (Å²) in [6.45, 7) is 0.852. The number of carbonyl (C=O) groups is 1. The third kappa shape index (κ3) is 2.96. The summed E-state index contributed by atoms with van der Waals surface area (Å²) in [4.78, 5) is 12.4. The fraction of sp³-hybridized carbons (Fsp3) is 0.733. The second-order valence-corrected chi connectivity index (χ2v) is 6.00. The van der Waals surface area contributed by atoms with Gasteiger partial charge in [-0.3, -0.25) is 9.89 Å². The van der Waals surface area contributed by atoms with Crippen molar-refractivity contribution in [1.29, 1.82) is 0 Å². The van der Waals surface area contributed by atoms with Crippen LogP contribution in [0.1, 0.15) is 50.1 Å². The third-order valence-electron chi connectivity index (χ3n) is 4.67. The smallest absolute Gasteiger partial charge is 0.260 e. The molecule has 1 amide bonds. The van der Waals surface area contributed by atoms with Gasteiger partial charge in [0.1, 0.15) is 0 Å². The van der Waals surface area contributed by atoms with Crippen molar-refractivity contribution in [1.82, 2.24) is 10.2 Å². The second-order valence-electron chi connectivity index (χ2n) is 6.00. The molecule has 1 atom stereocenters. The molecule has 1 aromatic heterocycles. The molecule has 0 aromatic carbocycles. The average molecular weight is 293 g/mol. The zero-order chi connectivity index (χ0) is 14.7. The van der Waals surface area contributed by atoms with Crippen LogP contribution in [-0.4, -0.2) is 42.0 Å². The van der Waals surface area contributed by atoms with Gasteiger partial charge in [-0.2, -0.15) is 5.10 Å². The predicted octanol–water partition coefficient (Wildman–Crippen LogP) is 2.20. The van der Waals surface area contributed by atoms with Crippen LogP contribution < -0.4 is 5.32 Å². The Labute approximate surface area is 124 Å². The summed E-state index contributed by atoms with van der Waals surface area (Å²) >= 11 is 0. The van der Waals surface area contributed by atoms with Crippen molar-refractivity contribution >= 4 is 11.7 Å². The Balaban J connectivity index is 1.65. The number of hydrogen-bond acceptors (Lipinski definition) is 4. The summed E-state index contributed by atoms with van der Waals surface area (Å²) in [5.74, 6) is 0.941. The maximum atomic E-state index is 12.4. The van der Waals surface area contributed by atoms with Crippen molar-refractivity contribution < 1.29 is 14.3 Å². The van der Waals surface area contributed by atoms with Crippen LogP contribution in [0.3, 0.4) is 0 Å². The maximum Gasteiger partial charge on any atom is 0.260 e. The van der Waals surface area contributed by atoms with Crippen LogP contribution in [0.15, 0.2) is 6.07 Å². The lowest BCUT2D eigenvalue weighted by atomic mass is 9.87. The van der Waals surface area contributed by atoms with Crippen LogP contribution in [0, 0.1) is 0 Å².